The van der Waals surface area contributed by atoms with Gasteiger partial charge in [0.05, 0.1) is 5.39 Å². The first-order valence-electron chi connectivity index (χ1n) is 4.45. The zero-order valence-electron chi connectivity index (χ0n) is 7.58. The predicted molar refractivity (Wildman–Crippen MR) is 59.9 cm³/mol. The lowest BCUT2D eigenvalue weighted by Crippen LogP contribution is -2.05. The molecule has 0 aliphatic heterocycles. The molecule has 74 valence electrons. The van der Waals surface area contributed by atoms with Gasteiger partial charge in [0.2, 0.25) is 0 Å². The first-order valence-corrected chi connectivity index (χ1v) is 5.33. The number of H-pyrrole nitrogens is 1. The minimum Gasteiger partial charge on any atom is -0.313 e. The maximum Gasteiger partial charge on any atom is 0.257 e. The molecule has 2 aromatic heterocycles. The van der Waals surface area contributed by atoms with Crippen molar-refractivity contribution >= 4 is 32.3 Å². The fourth-order valence-electron chi connectivity index (χ4n) is 1.76. The van der Waals surface area contributed by atoms with Gasteiger partial charge in [-0.1, -0.05) is 6.07 Å². The van der Waals surface area contributed by atoms with Crippen LogP contribution in [0.5, 0.6) is 0 Å². The number of aromatic nitrogens is 1. The van der Waals surface area contributed by atoms with E-state index in [0.717, 1.165) is 10.2 Å². The number of rotatable bonds is 0. The molecule has 0 unspecified atom stereocenters. The Kier molecular flexibility index (Phi) is 1.67. The second kappa shape index (κ2) is 2.90. The van der Waals surface area contributed by atoms with Gasteiger partial charge in [0.25, 0.3) is 5.56 Å². The summed E-state index contributed by atoms with van der Waals surface area (Å²) < 4.78 is 13.6. The van der Waals surface area contributed by atoms with E-state index in [1.165, 1.54) is 17.4 Å². The lowest BCUT2D eigenvalue weighted by molar-refractivity contribution is 0.640. The molecule has 0 fully saturated rings. The number of halogens is 1. The zero-order chi connectivity index (χ0) is 10.4. The molecule has 0 saturated carbocycles. The molecule has 0 spiro atoms. The largest absolute Gasteiger partial charge is 0.313 e. The molecule has 15 heavy (non-hydrogen) atoms. The van der Waals surface area contributed by atoms with Crippen molar-refractivity contribution in [2.45, 2.75) is 0 Å². The number of pyridine rings is 1. The van der Waals surface area contributed by atoms with Gasteiger partial charge < -0.3 is 4.98 Å². The molecule has 0 amide bonds. The quantitative estimate of drug-likeness (QED) is 0.619. The number of fused-ring (bicyclic) bond motifs is 3. The Morgan fingerprint density at radius 2 is 2.07 bits per heavy atom. The van der Waals surface area contributed by atoms with Gasteiger partial charge in [0.15, 0.2) is 0 Å². The van der Waals surface area contributed by atoms with E-state index < -0.39 is 0 Å². The summed E-state index contributed by atoms with van der Waals surface area (Å²) in [6, 6.07) is 6.37. The summed E-state index contributed by atoms with van der Waals surface area (Å²) in [5.41, 5.74) is -0.237. The van der Waals surface area contributed by atoms with E-state index in [0.29, 0.717) is 10.8 Å². The van der Waals surface area contributed by atoms with E-state index in [1.807, 2.05) is 11.4 Å². The van der Waals surface area contributed by atoms with Crippen molar-refractivity contribution in [3.8, 4) is 0 Å². The molecule has 2 heterocycles. The molecule has 0 saturated heterocycles. The highest BCUT2D eigenvalue weighted by atomic mass is 32.1. The molecule has 3 rings (SSSR count). The average Bonchev–Trinajstić information content (AvgIpc) is 2.66. The molecule has 2 nitrogen and oxygen atoms in total. The standard InChI is InChI=1S/C11H6FNOS/c12-8-3-1-2-6-9(8)7-4-5-15-11(7)13-10(6)14/h1-5H,(H,13,14). The van der Waals surface area contributed by atoms with Crippen LogP contribution < -0.4 is 5.56 Å². The molecular weight excluding hydrogens is 213 g/mol. The van der Waals surface area contributed by atoms with Gasteiger partial charge in [-0.2, -0.15) is 0 Å². The van der Waals surface area contributed by atoms with Crippen molar-refractivity contribution in [2.75, 3.05) is 0 Å². The molecule has 0 bridgehead atoms. The summed E-state index contributed by atoms with van der Waals surface area (Å²) in [4.78, 5) is 15.1. The Balaban J connectivity index is 2.76. The van der Waals surface area contributed by atoms with Crippen molar-refractivity contribution < 1.29 is 4.39 Å². The normalized spacial score (nSPS) is 11.3. The predicted octanol–water partition coefficient (Wildman–Crippen LogP) is 2.88. The van der Waals surface area contributed by atoms with Crippen molar-refractivity contribution in [2.24, 2.45) is 0 Å². The monoisotopic (exact) mass is 219 g/mol. The molecule has 0 atom stereocenters. The second-order valence-corrected chi connectivity index (χ2v) is 4.20. The summed E-state index contributed by atoms with van der Waals surface area (Å²) in [7, 11) is 0. The molecular formula is C11H6FNOS. The van der Waals surface area contributed by atoms with Crippen LogP contribution in [-0.4, -0.2) is 4.98 Å². The third-order valence-electron chi connectivity index (χ3n) is 2.42. The minimum absolute atomic E-state index is 0.237. The van der Waals surface area contributed by atoms with Crippen molar-refractivity contribution in [1.29, 1.82) is 0 Å². The number of benzene rings is 1. The summed E-state index contributed by atoms with van der Waals surface area (Å²) in [6.07, 6.45) is 0. The van der Waals surface area contributed by atoms with E-state index in [-0.39, 0.29) is 11.4 Å². The van der Waals surface area contributed by atoms with Crippen molar-refractivity contribution in [3.05, 3.63) is 45.8 Å². The van der Waals surface area contributed by atoms with Crippen LogP contribution in [0.2, 0.25) is 0 Å². The average molecular weight is 219 g/mol. The Hall–Kier alpha value is -1.68. The highest BCUT2D eigenvalue weighted by molar-refractivity contribution is 7.16. The molecule has 1 aromatic carbocycles. The van der Waals surface area contributed by atoms with Crippen LogP contribution in [0.4, 0.5) is 4.39 Å². The van der Waals surface area contributed by atoms with Crippen LogP contribution in [0.1, 0.15) is 0 Å². The van der Waals surface area contributed by atoms with Crippen molar-refractivity contribution in [1.82, 2.24) is 4.98 Å². The Morgan fingerprint density at radius 3 is 2.93 bits per heavy atom. The van der Waals surface area contributed by atoms with Crippen LogP contribution in [0.15, 0.2) is 34.4 Å². The Bertz CT molecular complexity index is 713. The highest BCUT2D eigenvalue weighted by Crippen LogP contribution is 2.26. The number of aromatic amines is 1. The lowest BCUT2D eigenvalue weighted by atomic mass is 10.1. The third kappa shape index (κ3) is 1.11. The molecule has 0 radical (unpaired) electrons. The molecule has 1 N–H and O–H groups in total. The van der Waals surface area contributed by atoms with Crippen LogP contribution in [0.25, 0.3) is 21.0 Å². The Morgan fingerprint density at radius 1 is 1.20 bits per heavy atom. The van der Waals surface area contributed by atoms with Gasteiger partial charge in [0.1, 0.15) is 10.6 Å². The number of hydrogen-bond acceptors (Lipinski definition) is 2. The van der Waals surface area contributed by atoms with Crippen LogP contribution in [0, 0.1) is 5.82 Å². The number of nitrogens with one attached hydrogen (secondary N) is 1. The summed E-state index contributed by atoms with van der Waals surface area (Å²) in [5, 5.41) is 3.43. The summed E-state index contributed by atoms with van der Waals surface area (Å²) in [5.74, 6) is -0.345. The maximum absolute atomic E-state index is 13.6. The van der Waals surface area contributed by atoms with E-state index in [9.17, 15) is 9.18 Å². The maximum atomic E-state index is 13.6. The minimum atomic E-state index is -0.345. The van der Waals surface area contributed by atoms with E-state index in [4.69, 9.17) is 0 Å². The van der Waals surface area contributed by atoms with E-state index in [1.54, 1.807) is 12.1 Å². The van der Waals surface area contributed by atoms with E-state index >= 15 is 0 Å². The number of thiophene rings is 1. The fraction of sp³-hybridized carbons (Fsp3) is 0. The molecule has 4 heteroatoms. The van der Waals surface area contributed by atoms with Crippen LogP contribution in [0.3, 0.4) is 0 Å². The molecule has 3 aromatic rings. The summed E-state index contributed by atoms with van der Waals surface area (Å²) >= 11 is 1.40. The van der Waals surface area contributed by atoms with Crippen LogP contribution in [-0.2, 0) is 0 Å². The van der Waals surface area contributed by atoms with Crippen molar-refractivity contribution in [3.63, 3.8) is 0 Å². The topological polar surface area (TPSA) is 32.9 Å². The second-order valence-electron chi connectivity index (χ2n) is 3.28. The van der Waals surface area contributed by atoms with Gasteiger partial charge in [-0.25, -0.2) is 4.39 Å². The van der Waals surface area contributed by atoms with E-state index in [2.05, 4.69) is 4.98 Å². The van der Waals surface area contributed by atoms with Gasteiger partial charge in [-0.3, -0.25) is 4.79 Å². The van der Waals surface area contributed by atoms with Gasteiger partial charge in [-0.15, -0.1) is 11.3 Å². The first-order chi connectivity index (χ1) is 7.27. The first kappa shape index (κ1) is 8.61. The highest BCUT2D eigenvalue weighted by Gasteiger charge is 2.09. The van der Waals surface area contributed by atoms with Gasteiger partial charge in [-0.05, 0) is 23.6 Å². The fourth-order valence-corrected chi connectivity index (χ4v) is 2.55. The summed E-state index contributed by atoms with van der Waals surface area (Å²) in [6.45, 7) is 0. The molecule has 0 aliphatic rings. The van der Waals surface area contributed by atoms with Crippen LogP contribution >= 0.6 is 11.3 Å². The van der Waals surface area contributed by atoms with Gasteiger partial charge >= 0.3 is 0 Å². The number of hydrogen-bond donors (Lipinski definition) is 1. The van der Waals surface area contributed by atoms with Gasteiger partial charge in [0, 0.05) is 10.8 Å². The SMILES string of the molecule is O=c1[nH]c2sccc2c2c(F)cccc12. The zero-order valence-corrected chi connectivity index (χ0v) is 8.40. The Labute approximate surface area is 88.0 Å². The smallest absolute Gasteiger partial charge is 0.257 e. The molecule has 0 aliphatic carbocycles. The lowest BCUT2D eigenvalue weighted by Gasteiger charge is -1.99. The third-order valence-corrected chi connectivity index (χ3v) is 3.25.